The van der Waals surface area contributed by atoms with Crippen LogP contribution in [0.4, 0.5) is 14.5 Å². The first kappa shape index (κ1) is 12.8. The summed E-state index contributed by atoms with van der Waals surface area (Å²) >= 11 is 2.90. The van der Waals surface area contributed by atoms with Gasteiger partial charge in [0.2, 0.25) is 5.91 Å². The Bertz CT molecular complexity index is 403. The smallest absolute Gasteiger partial charge is 0.231 e. The Morgan fingerprint density at radius 1 is 1.19 bits per heavy atom. The maximum atomic E-state index is 12.7. The normalized spacial score (nSPS) is 9.94. The van der Waals surface area contributed by atoms with Gasteiger partial charge in [0.1, 0.15) is 11.6 Å². The van der Waals surface area contributed by atoms with Gasteiger partial charge in [0, 0.05) is 11.8 Å². The van der Waals surface area contributed by atoms with Gasteiger partial charge in [-0.3, -0.25) is 9.59 Å². The summed E-state index contributed by atoms with van der Waals surface area (Å²) in [6.07, 6.45) is -0.330. The molecule has 0 unspecified atom stereocenters. The van der Waals surface area contributed by atoms with Gasteiger partial charge in [-0.25, -0.2) is 8.78 Å². The Balaban J connectivity index is 2.66. The van der Waals surface area contributed by atoms with Crippen LogP contribution < -0.4 is 5.32 Å². The van der Waals surface area contributed by atoms with E-state index < -0.39 is 17.5 Å². The number of carbonyl (C=O) groups is 2. The van der Waals surface area contributed by atoms with Crippen molar-refractivity contribution < 1.29 is 18.4 Å². The second-order valence-corrected chi connectivity index (χ2v) is 3.62. The second kappa shape index (κ2) is 5.69. The minimum Gasteiger partial charge on any atom is -0.326 e. The number of anilines is 1. The van der Waals surface area contributed by atoms with E-state index in [-0.39, 0.29) is 23.2 Å². The molecule has 1 aromatic rings. The van der Waals surface area contributed by atoms with Gasteiger partial charge >= 0.3 is 0 Å². The number of ketones is 1. The predicted molar refractivity (Wildman–Crippen MR) is 58.4 cm³/mol. The van der Waals surface area contributed by atoms with Crippen LogP contribution in [0, 0.1) is 11.6 Å². The van der Waals surface area contributed by atoms with Crippen molar-refractivity contribution in [3.8, 4) is 0 Å². The lowest BCUT2D eigenvalue weighted by atomic mass is 10.2. The van der Waals surface area contributed by atoms with Crippen molar-refractivity contribution in [2.75, 3.05) is 10.6 Å². The zero-order valence-corrected chi connectivity index (χ0v) is 9.68. The fraction of sp³-hybridized carbons (Fsp3) is 0.200. The predicted octanol–water partition coefficient (Wildman–Crippen LogP) is 2.26. The Hall–Kier alpha value is -1.30. The van der Waals surface area contributed by atoms with Crippen molar-refractivity contribution in [2.24, 2.45) is 0 Å². The standard InChI is InChI=1S/C10H8BrF2NO2/c11-5-9(15)4-10(16)14-8-2-6(12)1-7(13)3-8/h1-3H,4-5H2,(H,14,16). The number of alkyl halides is 1. The van der Waals surface area contributed by atoms with Gasteiger partial charge < -0.3 is 5.32 Å². The number of rotatable bonds is 4. The molecule has 0 saturated carbocycles. The van der Waals surface area contributed by atoms with Crippen LogP contribution in [-0.2, 0) is 9.59 Å². The van der Waals surface area contributed by atoms with E-state index in [1.165, 1.54) is 0 Å². The topological polar surface area (TPSA) is 46.2 Å². The number of nitrogens with one attached hydrogen (secondary N) is 1. The van der Waals surface area contributed by atoms with E-state index in [0.29, 0.717) is 6.07 Å². The highest BCUT2D eigenvalue weighted by Crippen LogP contribution is 2.13. The lowest BCUT2D eigenvalue weighted by molar-refractivity contribution is -0.123. The summed E-state index contributed by atoms with van der Waals surface area (Å²) in [7, 11) is 0. The van der Waals surface area contributed by atoms with Crippen molar-refractivity contribution >= 4 is 33.3 Å². The van der Waals surface area contributed by atoms with Crippen LogP contribution in [0.25, 0.3) is 0 Å². The first-order chi connectivity index (χ1) is 7.51. The van der Waals surface area contributed by atoms with E-state index in [0.717, 1.165) is 12.1 Å². The molecule has 0 heterocycles. The maximum Gasteiger partial charge on any atom is 0.231 e. The first-order valence-electron chi connectivity index (χ1n) is 4.35. The molecule has 3 nitrogen and oxygen atoms in total. The van der Waals surface area contributed by atoms with Gasteiger partial charge in [-0.05, 0) is 12.1 Å². The van der Waals surface area contributed by atoms with Crippen LogP contribution in [0.15, 0.2) is 18.2 Å². The quantitative estimate of drug-likeness (QED) is 0.683. The molecule has 0 saturated heterocycles. The number of carbonyl (C=O) groups excluding carboxylic acids is 2. The van der Waals surface area contributed by atoms with Crippen LogP contribution in [0.5, 0.6) is 0 Å². The minimum absolute atomic E-state index is 0.00938. The Morgan fingerprint density at radius 3 is 2.25 bits per heavy atom. The molecule has 0 spiro atoms. The summed E-state index contributed by atoms with van der Waals surface area (Å²) in [6.45, 7) is 0. The largest absolute Gasteiger partial charge is 0.326 e. The molecule has 86 valence electrons. The molecule has 1 aromatic carbocycles. The summed E-state index contributed by atoms with van der Waals surface area (Å²) in [4.78, 5) is 22.1. The van der Waals surface area contributed by atoms with E-state index in [1.807, 2.05) is 0 Å². The third kappa shape index (κ3) is 4.06. The molecule has 0 bridgehead atoms. The molecular weight excluding hydrogens is 284 g/mol. The van der Waals surface area contributed by atoms with Gasteiger partial charge in [0.15, 0.2) is 5.78 Å². The highest BCUT2D eigenvalue weighted by atomic mass is 79.9. The third-order valence-electron chi connectivity index (χ3n) is 1.65. The molecule has 1 rings (SSSR count). The Kier molecular flexibility index (Phi) is 4.54. The molecule has 0 radical (unpaired) electrons. The summed E-state index contributed by atoms with van der Waals surface area (Å²) in [6, 6.07) is 2.64. The van der Waals surface area contributed by atoms with Gasteiger partial charge in [-0.15, -0.1) is 0 Å². The monoisotopic (exact) mass is 291 g/mol. The molecule has 0 aliphatic rings. The molecule has 0 aromatic heterocycles. The fourth-order valence-electron chi connectivity index (χ4n) is 1.06. The number of Topliss-reactive ketones (excluding diaryl/α,β-unsaturated/α-hetero) is 1. The lowest BCUT2D eigenvalue weighted by Crippen LogP contribution is -2.17. The van der Waals surface area contributed by atoms with Crippen molar-refractivity contribution in [3.63, 3.8) is 0 Å². The average Bonchev–Trinajstić information content (AvgIpc) is 2.15. The van der Waals surface area contributed by atoms with Gasteiger partial charge in [0.25, 0.3) is 0 Å². The van der Waals surface area contributed by atoms with E-state index in [9.17, 15) is 18.4 Å². The summed E-state index contributed by atoms with van der Waals surface area (Å²) in [5, 5.41) is 2.30. The second-order valence-electron chi connectivity index (χ2n) is 3.06. The fourth-order valence-corrected chi connectivity index (χ4v) is 1.26. The summed E-state index contributed by atoms with van der Waals surface area (Å²) in [5.41, 5.74) is -0.00938. The molecule has 16 heavy (non-hydrogen) atoms. The van der Waals surface area contributed by atoms with Crippen molar-refractivity contribution in [1.82, 2.24) is 0 Å². The van der Waals surface area contributed by atoms with Gasteiger partial charge in [-0.1, -0.05) is 15.9 Å². The summed E-state index contributed by atoms with van der Waals surface area (Å²) < 4.78 is 25.5. The van der Waals surface area contributed by atoms with Crippen molar-refractivity contribution in [1.29, 1.82) is 0 Å². The highest BCUT2D eigenvalue weighted by molar-refractivity contribution is 9.09. The molecule has 0 fully saturated rings. The number of amides is 1. The highest BCUT2D eigenvalue weighted by Gasteiger charge is 2.09. The zero-order valence-electron chi connectivity index (χ0n) is 8.10. The Morgan fingerprint density at radius 2 is 1.75 bits per heavy atom. The van der Waals surface area contributed by atoms with E-state index in [1.54, 1.807) is 0 Å². The number of hydrogen-bond donors (Lipinski definition) is 1. The number of hydrogen-bond acceptors (Lipinski definition) is 2. The summed E-state index contributed by atoms with van der Waals surface area (Å²) in [5.74, 6) is -2.49. The molecule has 1 N–H and O–H groups in total. The van der Waals surface area contributed by atoms with Crippen molar-refractivity contribution in [3.05, 3.63) is 29.8 Å². The molecule has 6 heteroatoms. The Labute approximate surface area is 99.0 Å². The molecule has 0 atom stereocenters. The van der Waals surface area contributed by atoms with Gasteiger partial charge in [0.05, 0.1) is 11.8 Å². The molecular formula is C10H8BrF2NO2. The van der Waals surface area contributed by atoms with Crippen LogP contribution in [0.2, 0.25) is 0 Å². The molecule has 0 aliphatic heterocycles. The molecule has 0 aliphatic carbocycles. The van der Waals surface area contributed by atoms with Crippen LogP contribution in [0.3, 0.4) is 0 Å². The van der Waals surface area contributed by atoms with E-state index in [4.69, 9.17) is 0 Å². The third-order valence-corrected chi connectivity index (χ3v) is 2.28. The lowest BCUT2D eigenvalue weighted by Gasteiger charge is -2.04. The number of benzene rings is 1. The van der Waals surface area contributed by atoms with Crippen LogP contribution in [-0.4, -0.2) is 17.0 Å². The van der Waals surface area contributed by atoms with Crippen molar-refractivity contribution in [2.45, 2.75) is 6.42 Å². The van der Waals surface area contributed by atoms with Crippen LogP contribution in [0.1, 0.15) is 6.42 Å². The van der Waals surface area contributed by atoms with E-state index in [2.05, 4.69) is 21.2 Å². The SMILES string of the molecule is O=C(CBr)CC(=O)Nc1cc(F)cc(F)c1. The first-order valence-corrected chi connectivity index (χ1v) is 5.47. The zero-order chi connectivity index (χ0) is 12.1. The average molecular weight is 292 g/mol. The van der Waals surface area contributed by atoms with Crippen LogP contribution >= 0.6 is 15.9 Å². The number of halogens is 3. The maximum absolute atomic E-state index is 12.7. The minimum atomic E-state index is -0.790. The van der Waals surface area contributed by atoms with E-state index >= 15 is 0 Å². The molecule has 1 amide bonds. The van der Waals surface area contributed by atoms with Gasteiger partial charge in [-0.2, -0.15) is 0 Å².